The zero-order chi connectivity index (χ0) is 9.52. The third-order valence-corrected chi connectivity index (χ3v) is 1.64. The van der Waals surface area contributed by atoms with Crippen molar-refractivity contribution in [1.82, 2.24) is 5.32 Å². The molecule has 0 aliphatic heterocycles. The fourth-order valence-electron chi connectivity index (χ4n) is 1.02. The second kappa shape index (κ2) is 5.60. The van der Waals surface area contributed by atoms with Gasteiger partial charge in [-0.3, -0.25) is 0 Å². The Kier molecular flexibility index (Phi) is 4.33. The van der Waals surface area contributed by atoms with Crippen molar-refractivity contribution in [1.29, 1.82) is 0 Å². The normalized spacial score (nSPS) is 11.6. The van der Waals surface area contributed by atoms with E-state index >= 15 is 0 Å². The van der Waals surface area contributed by atoms with E-state index in [1.165, 1.54) is 0 Å². The van der Waals surface area contributed by atoms with Crippen LogP contribution in [0.1, 0.15) is 19.6 Å². The van der Waals surface area contributed by atoms with E-state index in [1.807, 2.05) is 18.2 Å². The standard InChI is InChI=1S/C11H17NO/c1-10(2)9-12-7-3-5-11-6-4-8-13-11/h3-6,8,10,12H,7,9H2,1-2H3. The summed E-state index contributed by atoms with van der Waals surface area (Å²) < 4.78 is 5.15. The predicted molar refractivity (Wildman–Crippen MR) is 55.4 cm³/mol. The average Bonchev–Trinajstić information content (AvgIpc) is 2.55. The number of hydrogen-bond donors (Lipinski definition) is 1. The molecule has 0 aromatic carbocycles. The van der Waals surface area contributed by atoms with Gasteiger partial charge >= 0.3 is 0 Å². The number of furan rings is 1. The largest absolute Gasteiger partial charge is 0.465 e. The Morgan fingerprint density at radius 2 is 2.38 bits per heavy atom. The smallest absolute Gasteiger partial charge is 0.126 e. The van der Waals surface area contributed by atoms with Gasteiger partial charge in [0.1, 0.15) is 5.76 Å². The van der Waals surface area contributed by atoms with Crippen LogP contribution < -0.4 is 5.32 Å². The number of hydrogen-bond acceptors (Lipinski definition) is 2. The van der Waals surface area contributed by atoms with Crippen molar-refractivity contribution >= 4 is 6.08 Å². The van der Waals surface area contributed by atoms with Gasteiger partial charge in [0.15, 0.2) is 0 Å². The first kappa shape index (κ1) is 10.1. The summed E-state index contributed by atoms with van der Waals surface area (Å²) >= 11 is 0. The molecule has 1 N–H and O–H groups in total. The van der Waals surface area contributed by atoms with Crippen LogP contribution in [-0.4, -0.2) is 13.1 Å². The van der Waals surface area contributed by atoms with Gasteiger partial charge in [-0.25, -0.2) is 0 Å². The van der Waals surface area contributed by atoms with E-state index in [0.717, 1.165) is 18.8 Å². The molecular formula is C11H17NO. The Morgan fingerprint density at radius 3 is 3.00 bits per heavy atom. The highest BCUT2D eigenvalue weighted by Gasteiger charge is 1.90. The highest BCUT2D eigenvalue weighted by molar-refractivity contribution is 5.42. The lowest BCUT2D eigenvalue weighted by Crippen LogP contribution is -2.19. The monoisotopic (exact) mass is 179 g/mol. The van der Waals surface area contributed by atoms with Crippen LogP contribution in [0.4, 0.5) is 0 Å². The lowest BCUT2D eigenvalue weighted by atomic mass is 10.2. The van der Waals surface area contributed by atoms with Crippen molar-refractivity contribution in [2.45, 2.75) is 13.8 Å². The molecule has 0 radical (unpaired) electrons. The van der Waals surface area contributed by atoms with Crippen molar-refractivity contribution in [3.63, 3.8) is 0 Å². The molecule has 72 valence electrons. The molecule has 0 spiro atoms. The van der Waals surface area contributed by atoms with E-state index < -0.39 is 0 Å². The van der Waals surface area contributed by atoms with Crippen LogP contribution in [0.15, 0.2) is 28.9 Å². The molecule has 2 heteroatoms. The molecule has 0 unspecified atom stereocenters. The minimum absolute atomic E-state index is 0.706. The summed E-state index contributed by atoms with van der Waals surface area (Å²) in [6.07, 6.45) is 5.73. The van der Waals surface area contributed by atoms with Gasteiger partial charge in [0, 0.05) is 6.54 Å². The molecule has 0 bridgehead atoms. The Morgan fingerprint density at radius 1 is 1.54 bits per heavy atom. The van der Waals surface area contributed by atoms with Crippen molar-refractivity contribution in [2.75, 3.05) is 13.1 Å². The molecule has 0 amide bonds. The summed E-state index contributed by atoms with van der Waals surface area (Å²) in [5, 5.41) is 3.32. The molecule has 0 aliphatic carbocycles. The molecule has 2 nitrogen and oxygen atoms in total. The Hall–Kier alpha value is -1.02. The van der Waals surface area contributed by atoms with E-state index in [-0.39, 0.29) is 0 Å². The second-order valence-corrected chi connectivity index (χ2v) is 3.47. The zero-order valence-electron chi connectivity index (χ0n) is 8.29. The highest BCUT2D eigenvalue weighted by atomic mass is 16.3. The van der Waals surface area contributed by atoms with E-state index in [1.54, 1.807) is 6.26 Å². The molecule has 13 heavy (non-hydrogen) atoms. The fourth-order valence-corrected chi connectivity index (χ4v) is 1.02. The zero-order valence-corrected chi connectivity index (χ0v) is 8.29. The van der Waals surface area contributed by atoms with Gasteiger partial charge < -0.3 is 9.73 Å². The highest BCUT2D eigenvalue weighted by Crippen LogP contribution is 2.01. The number of rotatable bonds is 5. The second-order valence-electron chi connectivity index (χ2n) is 3.47. The summed E-state index contributed by atoms with van der Waals surface area (Å²) in [6.45, 7) is 6.36. The maximum absolute atomic E-state index is 5.15. The fraction of sp³-hybridized carbons (Fsp3) is 0.455. The maximum Gasteiger partial charge on any atom is 0.126 e. The SMILES string of the molecule is CC(C)CNCC=Cc1ccco1. The predicted octanol–water partition coefficient (Wildman–Crippen LogP) is 2.54. The summed E-state index contributed by atoms with van der Waals surface area (Å²) in [6, 6.07) is 3.83. The van der Waals surface area contributed by atoms with Crippen molar-refractivity contribution < 1.29 is 4.42 Å². The van der Waals surface area contributed by atoms with Crippen molar-refractivity contribution in [3.05, 3.63) is 30.2 Å². The van der Waals surface area contributed by atoms with Gasteiger partial charge in [0.2, 0.25) is 0 Å². The van der Waals surface area contributed by atoms with Crippen LogP contribution in [0.2, 0.25) is 0 Å². The summed E-state index contributed by atoms with van der Waals surface area (Å²) in [4.78, 5) is 0. The third-order valence-electron chi connectivity index (χ3n) is 1.64. The van der Waals surface area contributed by atoms with Gasteiger partial charge in [-0.1, -0.05) is 19.9 Å². The first-order chi connectivity index (χ1) is 6.29. The van der Waals surface area contributed by atoms with Gasteiger partial charge in [-0.2, -0.15) is 0 Å². The molecule has 0 fully saturated rings. The summed E-state index contributed by atoms with van der Waals surface area (Å²) in [5.74, 6) is 1.61. The topological polar surface area (TPSA) is 25.2 Å². The van der Waals surface area contributed by atoms with Crippen LogP contribution in [0.3, 0.4) is 0 Å². The van der Waals surface area contributed by atoms with E-state index in [9.17, 15) is 0 Å². The van der Waals surface area contributed by atoms with Crippen LogP contribution in [0, 0.1) is 5.92 Å². The third kappa shape index (κ3) is 4.53. The number of nitrogens with one attached hydrogen (secondary N) is 1. The average molecular weight is 179 g/mol. The van der Waals surface area contributed by atoms with Gasteiger partial charge in [0.05, 0.1) is 6.26 Å². The van der Waals surface area contributed by atoms with Gasteiger partial charge in [0.25, 0.3) is 0 Å². The molecule has 1 rings (SSSR count). The van der Waals surface area contributed by atoms with Crippen LogP contribution >= 0.6 is 0 Å². The molecule has 1 aromatic heterocycles. The Balaban J connectivity index is 2.12. The minimum atomic E-state index is 0.706. The molecule has 1 aromatic rings. The van der Waals surface area contributed by atoms with Crippen LogP contribution in [0.5, 0.6) is 0 Å². The lowest BCUT2D eigenvalue weighted by molar-refractivity contribution is 0.556. The van der Waals surface area contributed by atoms with Crippen LogP contribution in [-0.2, 0) is 0 Å². The first-order valence-corrected chi connectivity index (χ1v) is 4.70. The molecule has 0 aliphatic rings. The molecule has 0 saturated heterocycles. The Labute approximate surface area is 79.6 Å². The Bertz CT molecular complexity index is 237. The molecule has 1 heterocycles. The van der Waals surface area contributed by atoms with Crippen molar-refractivity contribution in [3.8, 4) is 0 Å². The molecule has 0 atom stereocenters. The van der Waals surface area contributed by atoms with Crippen LogP contribution in [0.25, 0.3) is 6.08 Å². The molecule has 0 saturated carbocycles. The van der Waals surface area contributed by atoms with E-state index in [0.29, 0.717) is 5.92 Å². The molecular weight excluding hydrogens is 162 g/mol. The minimum Gasteiger partial charge on any atom is -0.465 e. The summed E-state index contributed by atoms with van der Waals surface area (Å²) in [7, 11) is 0. The van der Waals surface area contributed by atoms with Gasteiger partial charge in [-0.15, -0.1) is 0 Å². The lowest BCUT2D eigenvalue weighted by Gasteiger charge is -2.03. The van der Waals surface area contributed by atoms with E-state index in [2.05, 4.69) is 25.2 Å². The first-order valence-electron chi connectivity index (χ1n) is 4.70. The quantitative estimate of drug-likeness (QED) is 0.703. The summed E-state index contributed by atoms with van der Waals surface area (Å²) in [5.41, 5.74) is 0. The van der Waals surface area contributed by atoms with Gasteiger partial charge in [-0.05, 0) is 30.7 Å². The maximum atomic E-state index is 5.15. The van der Waals surface area contributed by atoms with E-state index in [4.69, 9.17) is 4.42 Å². The van der Waals surface area contributed by atoms with Crippen molar-refractivity contribution in [2.24, 2.45) is 5.92 Å².